The number of hydrogen-bond donors (Lipinski definition) is 0. The van der Waals surface area contributed by atoms with Crippen molar-refractivity contribution in [2.75, 3.05) is 6.61 Å². The summed E-state index contributed by atoms with van der Waals surface area (Å²) in [6.45, 7) is 2.70. The van der Waals surface area contributed by atoms with E-state index in [1.165, 1.54) is 12.1 Å². The number of hydrogen-bond acceptors (Lipinski definition) is 1. The molecule has 0 aliphatic carbocycles. The molecule has 0 heterocycles. The van der Waals surface area contributed by atoms with Crippen molar-refractivity contribution in [1.82, 2.24) is 0 Å². The Kier molecular flexibility index (Phi) is 4.69. The van der Waals surface area contributed by atoms with Gasteiger partial charge in [-0.1, -0.05) is 24.9 Å². The van der Waals surface area contributed by atoms with Crippen molar-refractivity contribution in [2.45, 2.75) is 19.8 Å². The lowest BCUT2D eigenvalue weighted by Gasteiger charge is -2.08. The van der Waals surface area contributed by atoms with Crippen LogP contribution in [0.5, 0.6) is 5.75 Å². The van der Waals surface area contributed by atoms with Gasteiger partial charge in [0, 0.05) is 6.07 Å². The van der Waals surface area contributed by atoms with E-state index >= 15 is 0 Å². The van der Waals surface area contributed by atoms with Gasteiger partial charge in [0.15, 0.2) is 0 Å². The zero-order valence-corrected chi connectivity index (χ0v) is 10.2. The van der Waals surface area contributed by atoms with Crippen LogP contribution in [0.25, 0.3) is 0 Å². The molecule has 0 bridgehead atoms. The number of rotatable bonds is 4. The first-order valence-corrected chi connectivity index (χ1v) is 5.59. The molecule has 0 saturated heterocycles. The summed E-state index contributed by atoms with van der Waals surface area (Å²) in [6.07, 6.45) is 2.04. The fourth-order valence-corrected chi connectivity index (χ4v) is 1.52. The van der Waals surface area contributed by atoms with E-state index < -0.39 is 5.82 Å². The molecule has 0 radical (unpaired) electrons. The molecule has 4 heteroatoms. The summed E-state index contributed by atoms with van der Waals surface area (Å²) in [5.41, 5.74) is 0. The normalized spacial score (nSPS) is 10.3. The summed E-state index contributed by atoms with van der Waals surface area (Å²) in [5.74, 6) is 0.145. The first-order chi connectivity index (χ1) is 6.65. The third-order valence-electron chi connectivity index (χ3n) is 1.73. The highest BCUT2D eigenvalue weighted by Crippen LogP contribution is 2.30. The topological polar surface area (TPSA) is 9.23 Å². The van der Waals surface area contributed by atoms with Crippen molar-refractivity contribution in [3.63, 3.8) is 0 Å². The molecule has 78 valence electrons. The lowest BCUT2D eigenvalue weighted by molar-refractivity contribution is 0.307. The predicted octanol–water partition coefficient (Wildman–Crippen LogP) is 4.42. The van der Waals surface area contributed by atoms with Gasteiger partial charge in [-0.25, -0.2) is 4.39 Å². The average molecular weight is 282 g/mol. The van der Waals surface area contributed by atoms with Crippen LogP contribution in [0.2, 0.25) is 5.02 Å². The molecule has 0 atom stereocenters. The zero-order chi connectivity index (χ0) is 10.6. The standard InChI is InChI=1S/C10H11BrClFO/c1-2-3-4-14-10-6-8(12)9(13)5-7(10)11/h5-6H,2-4H2,1H3. The maximum atomic E-state index is 12.9. The third kappa shape index (κ3) is 3.14. The summed E-state index contributed by atoms with van der Waals surface area (Å²) in [5, 5.41) is 0.0831. The number of benzene rings is 1. The third-order valence-corrected chi connectivity index (χ3v) is 2.64. The molecule has 0 saturated carbocycles. The van der Waals surface area contributed by atoms with E-state index in [1.54, 1.807) is 0 Å². The van der Waals surface area contributed by atoms with Crippen LogP contribution in [0.1, 0.15) is 19.8 Å². The van der Waals surface area contributed by atoms with Gasteiger partial charge in [-0.2, -0.15) is 0 Å². The van der Waals surface area contributed by atoms with Crippen LogP contribution in [-0.4, -0.2) is 6.61 Å². The number of halogens is 3. The van der Waals surface area contributed by atoms with Crippen molar-refractivity contribution < 1.29 is 9.13 Å². The van der Waals surface area contributed by atoms with E-state index in [-0.39, 0.29) is 5.02 Å². The highest BCUT2D eigenvalue weighted by molar-refractivity contribution is 9.10. The van der Waals surface area contributed by atoms with Gasteiger partial charge in [-0.05, 0) is 28.4 Å². The minimum atomic E-state index is -0.443. The van der Waals surface area contributed by atoms with Crippen molar-refractivity contribution in [3.05, 3.63) is 27.4 Å². The molecule has 0 N–H and O–H groups in total. The van der Waals surface area contributed by atoms with Crippen molar-refractivity contribution in [2.24, 2.45) is 0 Å². The summed E-state index contributed by atoms with van der Waals surface area (Å²) < 4.78 is 18.9. The van der Waals surface area contributed by atoms with Crippen LogP contribution in [0.4, 0.5) is 4.39 Å². The largest absolute Gasteiger partial charge is 0.492 e. The molecule has 0 spiro atoms. The van der Waals surface area contributed by atoms with Gasteiger partial charge in [-0.3, -0.25) is 0 Å². The molecule has 1 aromatic carbocycles. The highest BCUT2D eigenvalue weighted by Gasteiger charge is 2.07. The lowest BCUT2D eigenvalue weighted by atomic mass is 10.3. The second-order valence-electron chi connectivity index (χ2n) is 2.90. The molecule has 0 aliphatic heterocycles. The predicted molar refractivity (Wildman–Crippen MR) is 59.5 cm³/mol. The molecule has 0 aromatic heterocycles. The summed E-state index contributed by atoms with van der Waals surface area (Å²) in [4.78, 5) is 0. The van der Waals surface area contributed by atoms with E-state index in [0.29, 0.717) is 16.8 Å². The van der Waals surface area contributed by atoms with E-state index in [1.807, 2.05) is 0 Å². The Morgan fingerprint density at radius 3 is 2.86 bits per heavy atom. The van der Waals surface area contributed by atoms with E-state index in [9.17, 15) is 4.39 Å². The van der Waals surface area contributed by atoms with Crippen molar-refractivity contribution in [1.29, 1.82) is 0 Å². The van der Waals surface area contributed by atoms with Gasteiger partial charge in [-0.15, -0.1) is 0 Å². The molecule has 1 nitrogen and oxygen atoms in total. The molecular weight excluding hydrogens is 270 g/mol. The number of ether oxygens (including phenoxy) is 1. The quantitative estimate of drug-likeness (QED) is 0.586. The Balaban J connectivity index is 2.72. The molecule has 1 rings (SSSR count). The Labute approximate surface area is 96.3 Å². The van der Waals surface area contributed by atoms with E-state index in [4.69, 9.17) is 16.3 Å². The molecular formula is C10H11BrClFO. The first kappa shape index (κ1) is 11.8. The lowest BCUT2D eigenvalue weighted by Crippen LogP contribution is -1.97. The average Bonchev–Trinajstić information content (AvgIpc) is 2.14. The first-order valence-electron chi connectivity index (χ1n) is 4.42. The summed E-state index contributed by atoms with van der Waals surface area (Å²) in [7, 11) is 0. The van der Waals surface area contributed by atoms with Gasteiger partial charge >= 0.3 is 0 Å². The Bertz CT molecular complexity index is 317. The van der Waals surface area contributed by atoms with Crippen LogP contribution in [0, 0.1) is 5.82 Å². The minimum absolute atomic E-state index is 0.0831. The van der Waals surface area contributed by atoms with Gasteiger partial charge in [0.25, 0.3) is 0 Å². The Morgan fingerprint density at radius 1 is 1.50 bits per heavy atom. The fourth-order valence-electron chi connectivity index (χ4n) is 0.941. The highest BCUT2D eigenvalue weighted by atomic mass is 79.9. The molecule has 0 fully saturated rings. The molecule has 14 heavy (non-hydrogen) atoms. The maximum absolute atomic E-state index is 12.9. The second kappa shape index (κ2) is 5.56. The number of unbranched alkanes of at least 4 members (excludes halogenated alkanes) is 1. The van der Waals surface area contributed by atoms with Crippen LogP contribution in [0.15, 0.2) is 16.6 Å². The van der Waals surface area contributed by atoms with Gasteiger partial charge < -0.3 is 4.74 Å². The fraction of sp³-hybridized carbons (Fsp3) is 0.400. The van der Waals surface area contributed by atoms with Gasteiger partial charge in [0.2, 0.25) is 0 Å². The van der Waals surface area contributed by atoms with E-state index in [0.717, 1.165) is 12.8 Å². The van der Waals surface area contributed by atoms with E-state index in [2.05, 4.69) is 22.9 Å². The summed E-state index contributed by atoms with van der Waals surface area (Å²) in [6, 6.07) is 2.79. The Hall–Kier alpha value is -0.280. The molecule has 0 amide bonds. The van der Waals surface area contributed by atoms with Crippen LogP contribution >= 0.6 is 27.5 Å². The zero-order valence-electron chi connectivity index (χ0n) is 7.82. The molecule has 1 aromatic rings. The van der Waals surface area contributed by atoms with Gasteiger partial charge in [0.05, 0.1) is 16.1 Å². The SMILES string of the molecule is CCCCOc1cc(Cl)c(F)cc1Br. The smallest absolute Gasteiger partial charge is 0.143 e. The second-order valence-corrected chi connectivity index (χ2v) is 4.16. The van der Waals surface area contributed by atoms with Crippen LogP contribution < -0.4 is 4.74 Å². The molecule has 0 aliphatic rings. The van der Waals surface area contributed by atoms with Crippen LogP contribution in [0.3, 0.4) is 0 Å². The monoisotopic (exact) mass is 280 g/mol. The maximum Gasteiger partial charge on any atom is 0.143 e. The van der Waals surface area contributed by atoms with Gasteiger partial charge in [0.1, 0.15) is 11.6 Å². The minimum Gasteiger partial charge on any atom is -0.492 e. The van der Waals surface area contributed by atoms with Crippen molar-refractivity contribution >= 4 is 27.5 Å². The molecule has 0 unspecified atom stereocenters. The Morgan fingerprint density at radius 2 is 2.21 bits per heavy atom. The van der Waals surface area contributed by atoms with Crippen LogP contribution in [-0.2, 0) is 0 Å². The van der Waals surface area contributed by atoms with Crippen molar-refractivity contribution in [3.8, 4) is 5.75 Å². The summed E-state index contributed by atoms with van der Waals surface area (Å²) >= 11 is 8.83.